The van der Waals surface area contributed by atoms with Crippen LogP contribution < -0.4 is 0 Å². The Labute approximate surface area is 330 Å². The van der Waals surface area contributed by atoms with Crippen LogP contribution in [0.4, 0.5) is 0 Å². The van der Waals surface area contributed by atoms with Crippen LogP contribution in [0.3, 0.4) is 0 Å². The van der Waals surface area contributed by atoms with Gasteiger partial charge in [-0.25, -0.2) is 4.57 Å². The second-order valence-electron chi connectivity index (χ2n) is 16.7. The van der Waals surface area contributed by atoms with Crippen molar-refractivity contribution in [3.8, 4) is 0 Å². The fraction of sp³-hybridized carbons (Fsp3) is 0.952. The fourth-order valence-electron chi connectivity index (χ4n) is 6.50. The summed E-state index contributed by atoms with van der Waals surface area (Å²) in [5.74, 6) is -0.806. The third-order valence-corrected chi connectivity index (χ3v) is 11.2. The molecule has 0 amide bonds. The summed E-state index contributed by atoms with van der Waals surface area (Å²) in [7, 11) is 1.47. The molecular weight excluding hydrogens is 705 g/mol. The molecule has 0 aliphatic carbocycles. The van der Waals surface area contributed by atoms with Crippen molar-refractivity contribution in [1.29, 1.82) is 0 Å². The molecule has 0 saturated carbocycles. The molecule has 1 aliphatic heterocycles. The molecule has 1 aliphatic rings. The van der Waals surface area contributed by atoms with E-state index in [4.69, 9.17) is 18.5 Å². The minimum absolute atomic E-state index is 0.0299. The predicted molar refractivity (Wildman–Crippen MR) is 218 cm³/mol. The molecule has 0 spiro atoms. The van der Waals surface area contributed by atoms with E-state index in [1.54, 1.807) is 0 Å². The Morgan fingerprint density at radius 1 is 0.593 bits per heavy atom. The van der Waals surface area contributed by atoms with Gasteiger partial charge in [0.25, 0.3) is 0 Å². The van der Waals surface area contributed by atoms with E-state index < -0.39 is 26.5 Å². The number of carbonyl (C=O) groups is 2. The van der Waals surface area contributed by atoms with Gasteiger partial charge < -0.3 is 18.9 Å². The van der Waals surface area contributed by atoms with Crippen LogP contribution in [0.5, 0.6) is 0 Å². The first-order valence-electron chi connectivity index (χ1n) is 22.1. The highest BCUT2D eigenvalue weighted by molar-refractivity contribution is 7.47. The number of esters is 2. The van der Waals surface area contributed by atoms with Crippen molar-refractivity contribution in [2.75, 3.05) is 47.5 Å². The third kappa shape index (κ3) is 31.8. The molecule has 318 valence electrons. The number of phosphoric ester groups is 1. The van der Waals surface area contributed by atoms with Gasteiger partial charge in [-0.2, -0.15) is 10.2 Å². The van der Waals surface area contributed by atoms with Crippen LogP contribution in [0.15, 0.2) is 10.2 Å². The number of carbonyl (C=O) groups excluding carboxylic acids is 2. The van der Waals surface area contributed by atoms with Gasteiger partial charge in [-0.05, 0) is 38.5 Å². The topological polar surface area (TPSA) is 133 Å². The van der Waals surface area contributed by atoms with E-state index in [1.807, 2.05) is 21.1 Å². The summed E-state index contributed by atoms with van der Waals surface area (Å²) in [6, 6.07) is 0. The molecule has 0 aromatic heterocycles. The largest absolute Gasteiger partial charge is 0.472 e. The van der Waals surface area contributed by atoms with Crippen molar-refractivity contribution in [2.24, 2.45) is 10.2 Å². The number of ether oxygens (including phenoxy) is 2. The SMILES string of the molecule is CCCCCCCCCCCCCCCCCC(=O)OCC(COP(=O)(O)OCC[N+](C)(C)C)OC(=O)CCCCCCCCCCC1(CCCC)N=N1. The number of nitrogens with zero attached hydrogens (tertiary/aromatic N) is 3. The van der Waals surface area contributed by atoms with E-state index in [-0.39, 0.29) is 37.7 Å². The summed E-state index contributed by atoms with van der Waals surface area (Å²) >= 11 is 0. The average Bonchev–Trinajstić information content (AvgIpc) is 3.90. The molecular formula is C42H83N3O8P+. The molecule has 0 saturated heterocycles. The normalized spacial score (nSPS) is 15.2. The Morgan fingerprint density at radius 2 is 1.02 bits per heavy atom. The molecule has 0 radical (unpaired) electrons. The molecule has 1 N–H and O–H groups in total. The quantitative estimate of drug-likeness (QED) is 0.0281. The summed E-state index contributed by atoms with van der Waals surface area (Å²) in [6.45, 7) is 4.37. The highest BCUT2D eigenvalue weighted by Gasteiger charge is 2.38. The van der Waals surface area contributed by atoms with Gasteiger partial charge in [0.05, 0.1) is 27.7 Å². The van der Waals surface area contributed by atoms with Gasteiger partial charge in [0, 0.05) is 12.8 Å². The van der Waals surface area contributed by atoms with E-state index in [2.05, 4.69) is 24.1 Å². The van der Waals surface area contributed by atoms with E-state index in [0.29, 0.717) is 17.4 Å². The van der Waals surface area contributed by atoms with Crippen LogP contribution in [-0.4, -0.2) is 80.6 Å². The Kier molecular flexibility index (Phi) is 29.7. The maximum absolute atomic E-state index is 12.7. The van der Waals surface area contributed by atoms with Gasteiger partial charge in [0.1, 0.15) is 19.8 Å². The third-order valence-electron chi connectivity index (χ3n) is 10.2. The van der Waals surface area contributed by atoms with E-state index in [1.165, 1.54) is 116 Å². The number of phosphoric acid groups is 1. The Balaban J connectivity index is 2.26. The summed E-state index contributed by atoms with van der Waals surface area (Å²) in [6.07, 6.45) is 31.5. The number of quaternary nitrogens is 1. The Bertz CT molecular complexity index is 1020. The summed E-state index contributed by atoms with van der Waals surface area (Å²) in [5, 5.41) is 8.58. The zero-order chi connectivity index (χ0) is 39.8. The summed E-state index contributed by atoms with van der Waals surface area (Å²) in [5.41, 5.74) is -0.0419. The lowest BCUT2D eigenvalue weighted by Gasteiger charge is -2.24. The molecule has 0 fully saturated rings. The molecule has 1 rings (SSSR count). The van der Waals surface area contributed by atoms with Crippen molar-refractivity contribution in [1.82, 2.24) is 0 Å². The van der Waals surface area contributed by atoms with Crippen LogP contribution in [0.25, 0.3) is 0 Å². The van der Waals surface area contributed by atoms with Crippen LogP contribution >= 0.6 is 7.82 Å². The molecule has 12 heteroatoms. The van der Waals surface area contributed by atoms with E-state index >= 15 is 0 Å². The smallest absolute Gasteiger partial charge is 0.462 e. The highest BCUT2D eigenvalue weighted by Crippen LogP contribution is 2.43. The first kappa shape index (κ1) is 50.6. The minimum atomic E-state index is -4.38. The molecule has 2 unspecified atom stereocenters. The van der Waals surface area contributed by atoms with Gasteiger partial charge in [0.2, 0.25) is 0 Å². The number of unbranched alkanes of at least 4 members (excludes halogenated alkanes) is 22. The standard InChI is InChI=1S/C42H82N3O8P/c1-6-8-10-11-12-13-14-15-16-17-18-19-22-25-28-31-40(46)50-37-39(38-52-54(48,49)51-36-35-45(3,4)5)53-41(47)32-29-26-23-20-21-24-27-30-34-42(43-44-42)33-9-7-2/h39H,6-38H2,1-5H3/p+1. The summed E-state index contributed by atoms with van der Waals surface area (Å²) in [4.78, 5) is 35.4. The lowest BCUT2D eigenvalue weighted by Crippen LogP contribution is -2.37. The van der Waals surface area contributed by atoms with E-state index in [9.17, 15) is 19.0 Å². The van der Waals surface area contributed by atoms with Crippen LogP contribution in [-0.2, 0) is 32.7 Å². The summed E-state index contributed by atoms with van der Waals surface area (Å²) < 4.78 is 34.3. The van der Waals surface area contributed by atoms with Crippen LogP contribution in [0.1, 0.15) is 200 Å². The molecule has 0 aromatic rings. The van der Waals surface area contributed by atoms with E-state index in [0.717, 1.165) is 51.4 Å². The Morgan fingerprint density at radius 3 is 1.48 bits per heavy atom. The lowest BCUT2D eigenvalue weighted by atomic mass is 9.98. The van der Waals surface area contributed by atoms with Gasteiger partial charge >= 0.3 is 19.8 Å². The van der Waals surface area contributed by atoms with Crippen molar-refractivity contribution < 1.29 is 42.1 Å². The number of hydrogen-bond donors (Lipinski definition) is 1. The maximum Gasteiger partial charge on any atom is 0.472 e. The maximum atomic E-state index is 12.7. The van der Waals surface area contributed by atoms with Gasteiger partial charge in [-0.15, -0.1) is 0 Å². The van der Waals surface area contributed by atoms with Gasteiger partial charge in [-0.3, -0.25) is 18.6 Å². The molecule has 54 heavy (non-hydrogen) atoms. The zero-order valence-corrected chi connectivity index (χ0v) is 36.4. The van der Waals surface area contributed by atoms with Gasteiger partial charge in [-0.1, -0.05) is 149 Å². The monoisotopic (exact) mass is 789 g/mol. The van der Waals surface area contributed by atoms with Crippen molar-refractivity contribution in [3.05, 3.63) is 0 Å². The Hall–Kier alpha value is -1.39. The molecule has 0 bridgehead atoms. The first-order valence-corrected chi connectivity index (χ1v) is 23.6. The van der Waals surface area contributed by atoms with Gasteiger partial charge in [0.15, 0.2) is 11.8 Å². The zero-order valence-electron chi connectivity index (χ0n) is 35.5. The highest BCUT2D eigenvalue weighted by atomic mass is 31.2. The molecule has 2 atom stereocenters. The van der Waals surface area contributed by atoms with Crippen molar-refractivity contribution in [3.63, 3.8) is 0 Å². The fourth-order valence-corrected chi connectivity index (χ4v) is 7.24. The first-order chi connectivity index (χ1) is 25.9. The van der Waals surface area contributed by atoms with Crippen molar-refractivity contribution >= 4 is 19.8 Å². The second kappa shape index (κ2) is 31.7. The van der Waals surface area contributed by atoms with Crippen molar-refractivity contribution in [2.45, 2.75) is 212 Å². The number of likely N-dealkylation sites (N-methyl/N-ethyl adjacent to an activating group) is 1. The minimum Gasteiger partial charge on any atom is -0.462 e. The average molecular weight is 789 g/mol. The van der Waals surface area contributed by atoms with Crippen LogP contribution in [0.2, 0.25) is 0 Å². The molecule has 0 aromatic carbocycles. The van der Waals surface area contributed by atoms with Crippen LogP contribution in [0, 0.1) is 0 Å². The second-order valence-corrected chi connectivity index (χ2v) is 18.2. The lowest BCUT2D eigenvalue weighted by molar-refractivity contribution is -0.870. The number of rotatable bonds is 40. The molecule has 11 nitrogen and oxygen atoms in total. The number of hydrogen-bond acceptors (Lipinski definition) is 9. The predicted octanol–water partition coefficient (Wildman–Crippen LogP) is 11.8. The molecule has 1 heterocycles.